The number of esters is 1. The van der Waals surface area contributed by atoms with Gasteiger partial charge in [0.1, 0.15) is 5.75 Å². The maximum Gasteiger partial charge on any atom is 0.338 e. The first-order chi connectivity index (χ1) is 14.8. The van der Waals surface area contributed by atoms with E-state index in [9.17, 15) is 4.79 Å². The molecule has 1 aromatic carbocycles. The van der Waals surface area contributed by atoms with Crippen LogP contribution in [-0.4, -0.2) is 19.2 Å². The largest absolute Gasteiger partial charge is 0.494 e. The van der Waals surface area contributed by atoms with Crippen LogP contribution in [0.5, 0.6) is 5.75 Å². The monoisotopic (exact) mass is 418 g/mol. The Morgan fingerprint density at radius 1 is 0.667 bits per heavy atom. The summed E-state index contributed by atoms with van der Waals surface area (Å²) in [6.45, 7) is 5.72. The predicted molar refractivity (Wildman–Crippen MR) is 127 cm³/mol. The van der Waals surface area contributed by atoms with Gasteiger partial charge in [0, 0.05) is 0 Å². The second-order valence-electron chi connectivity index (χ2n) is 8.46. The number of carbonyl (C=O) groups is 1. The van der Waals surface area contributed by atoms with E-state index in [0.717, 1.165) is 25.0 Å². The fraction of sp³-hybridized carbons (Fsp3) is 0.741. The molecule has 1 rings (SSSR count). The SMILES string of the molecule is CCCCCCCCCCOC(=O)c1cccc(OCCCCCCCCCC)c1. The van der Waals surface area contributed by atoms with Gasteiger partial charge in [-0.25, -0.2) is 4.79 Å². The van der Waals surface area contributed by atoms with Gasteiger partial charge in [0.2, 0.25) is 0 Å². The molecule has 0 saturated carbocycles. The molecule has 0 atom stereocenters. The third kappa shape index (κ3) is 14.5. The summed E-state index contributed by atoms with van der Waals surface area (Å²) in [4.78, 5) is 12.2. The fourth-order valence-electron chi connectivity index (χ4n) is 3.62. The number of ether oxygens (including phenoxy) is 2. The Bertz CT molecular complexity index is 527. The summed E-state index contributed by atoms with van der Waals surface area (Å²) in [6.07, 6.45) is 20.3. The highest BCUT2D eigenvalue weighted by Gasteiger charge is 2.08. The van der Waals surface area contributed by atoms with Crippen LogP contribution in [0.2, 0.25) is 0 Å². The molecule has 0 heterocycles. The fourth-order valence-corrected chi connectivity index (χ4v) is 3.62. The van der Waals surface area contributed by atoms with Crippen LogP contribution < -0.4 is 4.74 Å². The summed E-state index contributed by atoms with van der Waals surface area (Å²) in [7, 11) is 0. The number of carbonyl (C=O) groups excluding carboxylic acids is 1. The molecule has 0 aliphatic carbocycles. The molecule has 0 N–H and O–H groups in total. The molecule has 0 amide bonds. The molecule has 172 valence electrons. The van der Waals surface area contributed by atoms with Crippen molar-refractivity contribution >= 4 is 5.97 Å². The van der Waals surface area contributed by atoms with Gasteiger partial charge in [-0.2, -0.15) is 0 Å². The minimum Gasteiger partial charge on any atom is -0.494 e. The third-order valence-electron chi connectivity index (χ3n) is 5.57. The van der Waals surface area contributed by atoms with Crippen LogP contribution in [-0.2, 0) is 4.74 Å². The van der Waals surface area contributed by atoms with Gasteiger partial charge in [-0.1, -0.05) is 110 Å². The third-order valence-corrected chi connectivity index (χ3v) is 5.57. The molecular formula is C27H46O3. The average molecular weight is 419 g/mol. The smallest absolute Gasteiger partial charge is 0.338 e. The lowest BCUT2D eigenvalue weighted by molar-refractivity contribution is 0.0497. The van der Waals surface area contributed by atoms with E-state index in [1.807, 2.05) is 12.1 Å². The summed E-state index contributed by atoms with van der Waals surface area (Å²) in [5, 5.41) is 0. The van der Waals surface area contributed by atoms with Crippen molar-refractivity contribution in [3.05, 3.63) is 29.8 Å². The maximum atomic E-state index is 12.2. The Hall–Kier alpha value is -1.51. The maximum absolute atomic E-state index is 12.2. The Balaban J connectivity index is 2.09. The van der Waals surface area contributed by atoms with E-state index in [2.05, 4.69) is 13.8 Å². The lowest BCUT2D eigenvalue weighted by Crippen LogP contribution is -2.07. The van der Waals surface area contributed by atoms with Crippen LogP contribution in [0, 0.1) is 0 Å². The van der Waals surface area contributed by atoms with Crippen molar-refractivity contribution in [2.75, 3.05) is 13.2 Å². The Kier molecular flexibility index (Phi) is 17.2. The van der Waals surface area contributed by atoms with Crippen LogP contribution >= 0.6 is 0 Å². The van der Waals surface area contributed by atoms with Crippen molar-refractivity contribution < 1.29 is 14.3 Å². The van der Waals surface area contributed by atoms with E-state index in [1.165, 1.54) is 83.5 Å². The Morgan fingerprint density at radius 2 is 1.17 bits per heavy atom. The first-order valence-electron chi connectivity index (χ1n) is 12.7. The van der Waals surface area contributed by atoms with Gasteiger partial charge in [0.25, 0.3) is 0 Å². The lowest BCUT2D eigenvalue weighted by atomic mass is 10.1. The van der Waals surface area contributed by atoms with Crippen molar-refractivity contribution in [3.63, 3.8) is 0 Å². The molecule has 30 heavy (non-hydrogen) atoms. The second kappa shape index (κ2) is 19.5. The minimum absolute atomic E-state index is 0.240. The standard InChI is InChI=1S/C27H46O3/c1-3-5-7-9-11-13-15-17-22-29-26-21-19-20-25(24-26)27(28)30-23-18-16-14-12-10-8-6-4-2/h19-21,24H,3-18,22-23H2,1-2H3. The summed E-state index contributed by atoms with van der Waals surface area (Å²) >= 11 is 0. The Morgan fingerprint density at radius 3 is 1.73 bits per heavy atom. The number of hydrogen-bond acceptors (Lipinski definition) is 3. The van der Waals surface area contributed by atoms with Gasteiger partial charge in [-0.05, 0) is 31.0 Å². The zero-order valence-corrected chi connectivity index (χ0v) is 19.8. The molecule has 0 fully saturated rings. The first-order valence-corrected chi connectivity index (χ1v) is 12.7. The zero-order chi connectivity index (χ0) is 21.7. The summed E-state index contributed by atoms with van der Waals surface area (Å²) in [6, 6.07) is 7.40. The van der Waals surface area contributed by atoms with Crippen molar-refractivity contribution in [1.82, 2.24) is 0 Å². The second-order valence-corrected chi connectivity index (χ2v) is 8.46. The summed E-state index contributed by atoms with van der Waals surface area (Å²) in [5.74, 6) is 0.523. The molecule has 0 radical (unpaired) electrons. The lowest BCUT2D eigenvalue weighted by Gasteiger charge is -2.09. The highest BCUT2D eigenvalue weighted by atomic mass is 16.5. The topological polar surface area (TPSA) is 35.5 Å². The van der Waals surface area contributed by atoms with Gasteiger partial charge in [-0.15, -0.1) is 0 Å². The first kappa shape index (κ1) is 26.5. The minimum atomic E-state index is -0.240. The van der Waals surface area contributed by atoms with Gasteiger partial charge < -0.3 is 9.47 Å². The van der Waals surface area contributed by atoms with Crippen LogP contribution in [0.25, 0.3) is 0 Å². The van der Waals surface area contributed by atoms with Crippen LogP contribution in [0.4, 0.5) is 0 Å². The van der Waals surface area contributed by atoms with Crippen molar-refractivity contribution in [2.45, 2.75) is 117 Å². The van der Waals surface area contributed by atoms with Crippen molar-refractivity contribution in [3.8, 4) is 5.75 Å². The van der Waals surface area contributed by atoms with Crippen LogP contribution in [0.15, 0.2) is 24.3 Å². The number of hydrogen-bond donors (Lipinski definition) is 0. The molecule has 3 nitrogen and oxygen atoms in total. The zero-order valence-electron chi connectivity index (χ0n) is 19.8. The number of unbranched alkanes of at least 4 members (excludes halogenated alkanes) is 14. The van der Waals surface area contributed by atoms with Gasteiger partial charge in [0.05, 0.1) is 18.8 Å². The molecule has 3 heteroatoms. The van der Waals surface area contributed by atoms with E-state index >= 15 is 0 Å². The van der Waals surface area contributed by atoms with E-state index in [4.69, 9.17) is 9.47 Å². The van der Waals surface area contributed by atoms with Gasteiger partial charge in [0.15, 0.2) is 0 Å². The molecule has 1 aromatic rings. The normalized spacial score (nSPS) is 10.9. The molecular weight excluding hydrogens is 372 g/mol. The van der Waals surface area contributed by atoms with Crippen LogP contribution in [0.3, 0.4) is 0 Å². The van der Waals surface area contributed by atoms with Crippen LogP contribution in [0.1, 0.15) is 127 Å². The summed E-state index contributed by atoms with van der Waals surface area (Å²) < 4.78 is 11.3. The molecule has 0 aliphatic rings. The molecule has 0 spiro atoms. The number of rotatable bonds is 20. The average Bonchev–Trinajstić information content (AvgIpc) is 2.77. The van der Waals surface area contributed by atoms with E-state index < -0.39 is 0 Å². The molecule has 0 saturated heterocycles. The number of benzene rings is 1. The van der Waals surface area contributed by atoms with Gasteiger partial charge >= 0.3 is 5.97 Å². The Labute approximate surface area is 185 Å². The van der Waals surface area contributed by atoms with Gasteiger partial charge in [-0.3, -0.25) is 0 Å². The molecule has 0 bridgehead atoms. The van der Waals surface area contributed by atoms with E-state index in [-0.39, 0.29) is 5.97 Å². The van der Waals surface area contributed by atoms with Crippen molar-refractivity contribution in [1.29, 1.82) is 0 Å². The van der Waals surface area contributed by atoms with E-state index in [0.29, 0.717) is 18.8 Å². The summed E-state index contributed by atoms with van der Waals surface area (Å²) in [5.41, 5.74) is 0.586. The molecule has 0 aromatic heterocycles. The molecule has 0 unspecified atom stereocenters. The predicted octanol–water partition coefficient (Wildman–Crippen LogP) is 8.50. The highest BCUT2D eigenvalue weighted by Crippen LogP contribution is 2.16. The molecule has 0 aliphatic heterocycles. The highest BCUT2D eigenvalue weighted by molar-refractivity contribution is 5.89. The van der Waals surface area contributed by atoms with Crippen molar-refractivity contribution in [2.24, 2.45) is 0 Å². The quantitative estimate of drug-likeness (QED) is 0.157. The van der Waals surface area contributed by atoms with E-state index in [1.54, 1.807) is 12.1 Å².